The largest absolute Gasteiger partial charge is 0.506 e. The summed E-state index contributed by atoms with van der Waals surface area (Å²) in [5.74, 6) is -0.314. The highest BCUT2D eigenvalue weighted by Gasteiger charge is 2.14. The maximum atomic E-state index is 12.4. The number of non-ortho nitro benzene ring substituents is 1. The predicted octanol–water partition coefficient (Wildman–Crippen LogP) is 3.70. The topological polar surface area (TPSA) is 130 Å². The molecule has 0 unspecified atom stereocenters. The van der Waals surface area contributed by atoms with Gasteiger partial charge in [0.1, 0.15) is 5.75 Å². The molecule has 0 radical (unpaired) electrons. The lowest BCUT2D eigenvalue weighted by atomic mass is 10.2. The Morgan fingerprint density at radius 2 is 1.68 bits per heavy atom. The van der Waals surface area contributed by atoms with Gasteiger partial charge in [0.25, 0.3) is 11.6 Å². The minimum atomic E-state index is -0.607. The highest BCUT2D eigenvalue weighted by molar-refractivity contribution is 6.05. The first kappa shape index (κ1) is 18.8. The first-order chi connectivity index (χ1) is 13.3. The number of amides is 1. The van der Waals surface area contributed by atoms with Crippen molar-refractivity contribution in [3.8, 4) is 5.75 Å². The van der Waals surface area contributed by atoms with Gasteiger partial charge in [0.05, 0.1) is 10.6 Å². The molecule has 3 aromatic rings. The minimum Gasteiger partial charge on any atom is -0.506 e. The Labute approximate surface area is 160 Å². The summed E-state index contributed by atoms with van der Waals surface area (Å²) < 4.78 is 0. The quantitative estimate of drug-likeness (QED) is 0.350. The molecule has 0 aliphatic rings. The number of aryl methyl sites for hydroxylation is 2. The summed E-state index contributed by atoms with van der Waals surface area (Å²) in [6.07, 6.45) is 0. The molecule has 142 valence electrons. The van der Waals surface area contributed by atoms with Crippen LogP contribution < -0.4 is 10.6 Å². The smallest absolute Gasteiger partial charge is 0.271 e. The van der Waals surface area contributed by atoms with Crippen LogP contribution in [0, 0.1) is 24.0 Å². The summed E-state index contributed by atoms with van der Waals surface area (Å²) in [5, 5.41) is 26.2. The fraction of sp³-hybridized carbons (Fsp3) is 0.105. The molecule has 0 aliphatic heterocycles. The van der Waals surface area contributed by atoms with E-state index >= 15 is 0 Å². The fourth-order valence-electron chi connectivity index (χ4n) is 2.55. The number of rotatable bonds is 5. The predicted molar refractivity (Wildman–Crippen MR) is 104 cm³/mol. The Balaban J connectivity index is 1.73. The van der Waals surface area contributed by atoms with Gasteiger partial charge in [0, 0.05) is 34.8 Å². The average Bonchev–Trinajstić information content (AvgIpc) is 2.63. The third kappa shape index (κ3) is 4.39. The van der Waals surface area contributed by atoms with Crippen LogP contribution in [0.25, 0.3) is 0 Å². The Bertz CT molecular complexity index is 1030. The summed E-state index contributed by atoms with van der Waals surface area (Å²) in [4.78, 5) is 31.2. The maximum Gasteiger partial charge on any atom is 0.271 e. The van der Waals surface area contributed by atoms with Gasteiger partial charge in [-0.2, -0.15) is 0 Å². The Morgan fingerprint density at radius 1 is 1.04 bits per heavy atom. The third-order valence-corrected chi connectivity index (χ3v) is 3.82. The zero-order chi connectivity index (χ0) is 20.3. The number of hydrogen-bond acceptors (Lipinski definition) is 7. The van der Waals surface area contributed by atoms with Gasteiger partial charge in [-0.25, -0.2) is 9.97 Å². The summed E-state index contributed by atoms with van der Waals surface area (Å²) >= 11 is 0. The van der Waals surface area contributed by atoms with Gasteiger partial charge in [-0.1, -0.05) is 0 Å². The van der Waals surface area contributed by atoms with E-state index in [0.717, 1.165) is 29.6 Å². The Kier molecular flexibility index (Phi) is 5.16. The maximum absolute atomic E-state index is 12.4. The molecule has 0 saturated heterocycles. The second-order valence-electron chi connectivity index (χ2n) is 6.09. The molecule has 3 rings (SSSR count). The van der Waals surface area contributed by atoms with E-state index in [4.69, 9.17) is 0 Å². The van der Waals surface area contributed by atoms with E-state index in [1.54, 1.807) is 24.3 Å². The molecule has 0 spiro atoms. The van der Waals surface area contributed by atoms with Crippen LogP contribution in [0.2, 0.25) is 0 Å². The molecular formula is C19H17N5O4. The number of nitrogens with zero attached hydrogens (tertiary/aromatic N) is 3. The van der Waals surface area contributed by atoms with E-state index in [-0.39, 0.29) is 17.1 Å². The number of phenolic OH excluding ortho intramolecular Hbond substituents is 1. The molecule has 0 atom stereocenters. The molecule has 9 heteroatoms. The van der Waals surface area contributed by atoms with Crippen LogP contribution in [-0.2, 0) is 0 Å². The number of aromatic hydroxyl groups is 1. The van der Waals surface area contributed by atoms with Crippen molar-refractivity contribution in [1.29, 1.82) is 0 Å². The number of phenols is 1. The first-order valence-corrected chi connectivity index (χ1v) is 8.30. The Morgan fingerprint density at radius 3 is 2.29 bits per heavy atom. The number of carbonyl (C=O) groups excluding carboxylic acids is 1. The zero-order valence-electron chi connectivity index (χ0n) is 15.1. The number of aromatic nitrogens is 2. The molecule has 1 heterocycles. The standard InChI is InChI=1S/C19H17N5O4/c1-11-9-12(2)21-19(20-11)22-14-5-3-13(4-6-14)18(26)23-16-10-15(24(27)28)7-8-17(16)25/h3-10,25H,1-2H3,(H,23,26)(H,20,21,22). The van der Waals surface area contributed by atoms with Crippen molar-refractivity contribution in [2.75, 3.05) is 10.6 Å². The number of nitro groups is 1. The zero-order valence-corrected chi connectivity index (χ0v) is 15.1. The van der Waals surface area contributed by atoms with Crippen molar-refractivity contribution in [1.82, 2.24) is 9.97 Å². The fourth-order valence-corrected chi connectivity index (χ4v) is 2.55. The van der Waals surface area contributed by atoms with E-state index in [2.05, 4.69) is 20.6 Å². The number of anilines is 3. The van der Waals surface area contributed by atoms with Crippen molar-refractivity contribution < 1.29 is 14.8 Å². The molecule has 2 aromatic carbocycles. The highest BCUT2D eigenvalue weighted by atomic mass is 16.6. The average molecular weight is 379 g/mol. The van der Waals surface area contributed by atoms with E-state index in [9.17, 15) is 20.0 Å². The normalized spacial score (nSPS) is 10.4. The number of nitro benzene ring substituents is 1. The van der Waals surface area contributed by atoms with Crippen LogP contribution in [-0.4, -0.2) is 25.9 Å². The summed E-state index contributed by atoms with van der Waals surface area (Å²) in [7, 11) is 0. The van der Waals surface area contributed by atoms with E-state index in [0.29, 0.717) is 17.2 Å². The molecule has 0 saturated carbocycles. The third-order valence-electron chi connectivity index (χ3n) is 3.82. The second kappa shape index (κ2) is 7.70. The van der Waals surface area contributed by atoms with E-state index in [1.807, 2.05) is 19.9 Å². The van der Waals surface area contributed by atoms with Crippen LogP contribution in [0.15, 0.2) is 48.5 Å². The monoisotopic (exact) mass is 379 g/mol. The first-order valence-electron chi connectivity index (χ1n) is 8.30. The second-order valence-corrected chi connectivity index (χ2v) is 6.09. The van der Waals surface area contributed by atoms with Crippen LogP contribution in [0.3, 0.4) is 0 Å². The molecule has 0 aliphatic carbocycles. The van der Waals surface area contributed by atoms with Crippen molar-refractivity contribution in [3.63, 3.8) is 0 Å². The van der Waals surface area contributed by atoms with Gasteiger partial charge in [-0.3, -0.25) is 14.9 Å². The van der Waals surface area contributed by atoms with Crippen molar-refractivity contribution in [2.45, 2.75) is 13.8 Å². The van der Waals surface area contributed by atoms with Gasteiger partial charge in [-0.15, -0.1) is 0 Å². The molecular weight excluding hydrogens is 362 g/mol. The number of benzene rings is 2. The van der Waals surface area contributed by atoms with E-state index in [1.165, 1.54) is 0 Å². The van der Waals surface area contributed by atoms with Crippen LogP contribution in [0.1, 0.15) is 21.7 Å². The molecule has 1 aromatic heterocycles. The molecule has 0 fully saturated rings. The molecule has 1 amide bonds. The number of nitrogens with one attached hydrogen (secondary N) is 2. The summed E-state index contributed by atoms with van der Waals surface area (Å²) in [6.45, 7) is 3.74. The van der Waals surface area contributed by atoms with E-state index < -0.39 is 10.8 Å². The lowest BCUT2D eigenvalue weighted by Crippen LogP contribution is -2.12. The highest BCUT2D eigenvalue weighted by Crippen LogP contribution is 2.28. The minimum absolute atomic E-state index is 0.0370. The van der Waals surface area contributed by atoms with Crippen molar-refractivity contribution >= 4 is 28.9 Å². The lowest BCUT2D eigenvalue weighted by Gasteiger charge is -2.09. The number of carbonyl (C=O) groups is 1. The SMILES string of the molecule is Cc1cc(C)nc(Nc2ccc(C(=O)Nc3cc([N+](=O)[O-])ccc3O)cc2)n1. The number of hydrogen-bond donors (Lipinski definition) is 3. The Hall–Kier alpha value is -4.01. The van der Waals surface area contributed by atoms with Crippen LogP contribution in [0.5, 0.6) is 5.75 Å². The summed E-state index contributed by atoms with van der Waals surface area (Å²) in [5.41, 5.74) is 2.41. The van der Waals surface area contributed by atoms with Crippen molar-refractivity contribution in [3.05, 3.63) is 75.6 Å². The van der Waals surface area contributed by atoms with Gasteiger partial charge in [0.2, 0.25) is 5.95 Å². The van der Waals surface area contributed by atoms with Gasteiger partial charge in [0.15, 0.2) is 0 Å². The summed E-state index contributed by atoms with van der Waals surface area (Å²) in [6, 6.07) is 11.8. The van der Waals surface area contributed by atoms with Gasteiger partial charge < -0.3 is 15.7 Å². The molecule has 3 N–H and O–H groups in total. The molecule has 9 nitrogen and oxygen atoms in total. The molecule has 0 bridgehead atoms. The van der Waals surface area contributed by atoms with Crippen LogP contribution in [0.4, 0.5) is 23.0 Å². The van der Waals surface area contributed by atoms with Gasteiger partial charge >= 0.3 is 0 Å². The lowest BCUT2D eigenvalue weighted by molar-refractivity contribution is -0.384. The van der Waals surface area contributed by atoms with Crippen molar-refractivity contribution in [2.24, 2.45) is 0 Å². The molecule has 28 heavy (non-hydrogen) atoms. The van der Waals surface area contributed by atoms with Crippen LogP contribution >= 0.6 is 0 Å². The van der Waals surface area contributed by atoms with Gasteiger partial charge in [-0.05, 0) is 50.2 Å².